The van der Waals surface area contributed by atoms with Crippen LogP contribution in [0, 0.1) is 5.41 Å². The van der Waals surface area contributed by atoms with Crippen molar-refractivity contribution in [2.24, 2.45) is 5.41 Å². The highest BCUT2D eigenvalue weighted by molar-refractivity contribution is 6.21. The summed E-state index contributed by atoms with van der Waals surface area (Å²) in [6.45, 7) is 4.38. The fraction of sp³-hybridized carbons (Fsp3) is 0.438. The minimum atomic E-state index is 0.0680. The molecule has 3 atom stereocenters. The van der Waals surface area contributed by atoms with E-state index in [2.05, 4.69) is 31.0 Å². The fourth-order valence-electron chi connectivity index (χ4n) is 2.72. The lowest BCUT2D eigenvalue weighted by atomic mass is 9.65. The Morgan fingerprint density at radius 3 is 2.89 bits per heavy atom. The van der Waals surface area contributed by atoms with E-state index in [1.807, 2.05) is 18.2 Å². The maximum atomic E-state index is 6.34. The Morgan fingerprint density at radius 2 is 2.16 bits per heavy atom. The summed E-state index contributed by atoms with van der Waals surface area (Å²) in [4.78, 5) is 4.43. The molecule has 1 aliphatic carbocycles. The van der Waals surface area contributed by atoms with Gasteiger partial charge in [-0.05, 0) is 18.6 Å². The molecular formula is C16H18ClNO. The predicted molar refractivity (Wildman–Crippen MR) is 78.8 cm³/mol. The largest absolute Gasteiger partial charge is 0.487 e. The summed E-state index contributed by atoms with van der Waals surface area (Å²) in [5.41, 5.74) is 1.000. The van der Waals surface area contributed by atoms with E-state index in [-0.39, 0.29) is 16.9 Å². The van der Waals surface area contributed by atoms with Crippen LogP contribution in [0.3, 0.4) is 0 Å². The first-order valence-electron chi connectivity index (χ1n) is 6.79. The van der Waals surface area contributed by atoms with E-state index in [1.165, 1.54) is 0 Å². The van der Waals surface area contributed by atoms with Crippen LogP contribution in [0.5, 0.6) is 5.75 Å². The molecule has 0 N–H and O–H groups in total. The minimum Gasteiger partial charge on any atom is -0.487 e. The SMILES string of the molecule is CCC1(C)C(Cl)CC1Oc1cccc2cccnc12. The molecule has 2 nitrogen and oxygen atoms in total. The Hall–Kier alpha value is -1.28. The standard InChI is InChI=1S/C16H18ClNO/c1-3-16(2)13(17)10-14(16)19-12-8-4-6-11-7-5-9-18-15(11)12/h4-9,13-14H,3,10H2,1-2H3. The van der Waals surface area contributed by atoms with Crippen molar-refractivity contribution >= 4 is 22.5 Å². The molecule has 3 unspecified atom stereocenters. The smallest absolute Gasteiger partial charge is 0.145 e. The summed E-state index contributed by atoms with van der Waals surface area (Å²) in [6, 6.07) is 10.1. The van der Waals surface area contributed by atoms with Crippen molar-refractivity contribution in [2.75, 3.05) is 0 Å². The monoisotopic (exact) mass is 275 g/mol. The maximum Gasteiger partial charge on any atom is 0.145 e. The average Bonchev–Trinajstić information content (AvgIpc) is 2.46. The molecule has 1 fully saturated rings. The molecule has 3 heteroatoms. The lowest BCUT2D eigenvalue weighted by Gasteiger charge is -2.50. The van der Waals surface area contributed by atoms with Crippen molar-refractivity contribution < 1.29 is 4.74 Å². The summed E-state index contributed by atoms with van der Waals surface area (Å²) in [6.07, 6.45) is 3.94. The third-order valence-electron chi connectivity index (χ3n) is 4.50. The Labute approximate surface area is 118 Å². The minimum absolute atomic E-state index is 0.0680. The first-order valence-corrected chi connectivity index (χ1v) is 7.23. The van der Waals surface area contributed by atoms with Crippen molar-refractivity contribution in [1.29, 1.82) is 0 Å². The van der Waals surface area contributed by atoms with Crippen molar-refractivity contribution in [3.8, 4) is 5.75 Å². The highest BCUT2D eigenvalue weighted by Crippen LogP contribution is 2.49. The number of rotatable bonds is 3. The van der Waals surface area contributed by atoms with Gasteiger partial charge in [-0.3, -0.25) is 4.98 Å². The van der Waals surface area contributed by atoms with E-state index in [0.717, 1.165) is 29.5 Å². The van der Waals surface area contributed by atoms with E-state index in [1.54, 1.807) is 6.20 Å². The van der Waals surface area contributed by atoms with E-state index in [9.17, 15) is 0 Å². The first kappa shape index (κ1) is 12.7. The molecule has 0 saturated heterocycles. The van der Waals surface area contributed by atoms with Gasteiger partial charge in [-0.1, -0.05) is 32.0 Å². The third-order valence-corrected chi connectivity index (χ3v) is 5.18. The second-order valence-corrected chi connectivity index (χ2v) is 6.03. The topological polar surface area (TPSA) is 22.1 Å². The number of pyridine rings is 1. The van der Waals surface area contributed by atoms with Gasteiger partial charge in [0.25, 0.3) is 0 Å². The van der Waals surface area contributed by atoms with E-state index >= 15 is 0 Å². The number of ether oxygens (including phenoxy) is 1. The molecule has 0 spiro atoms. The fourth-order valence-corrected chi connectivity index (χ4v) is 3.18. The van der Waals surface area contributed by atoms with Gasteiger partial charge in [0.1, 0.15) is 17.4 Å². The van der Waals surface area contributed by atoms with Crippen LogP contribution in [0.1, 0.15) is 26.7 Å². The molecule has 1 saturated carbocycles. The van der Waals surface area contributed by atoms with Crippen LogP contribution in [-0.4, -0.2) is 16.5 Å². The van der Waals surface area contributed by atoms with Gasteiger partial charge < -0.3 is 4.74 Å². The first-order chi connectivity index (χ1) is 9.15. The predicted octanol–water partition coefficient (Wildman–Crippen LogP) is 4.41. The van der Waals surface area contributed by atoms with E-state index in [4.69, 9.17) is 16.3 Å². The van der Waals surface area contributed by atoms with E-state index in [0.29, 0.717) is 0 Å². The highest BCUT2D eigenvalue weighted by atomic mass is 35.5. The molecule has 1 heterocycles. The molecular weight excluding hydrogens is 258 g/mol. The van der Waals surface area contributed by atoms with Crippen molar-refractivity contribution in [2.45, 2.75) is 38.2 Å². The summed E-state index contributed by atoms with van der Waals surface area (Å²) >= 11 is 6.34. The number of hydrogen-bond donors (Lipinski definition) is 0. The lowest BCUT2D eigenvalue weighted by molar-refractivity contribution is -0.0286. The average molecular weight is 276 g/mol. The van der Waals surface area contributed by atoms with Gasteiger partial charge in [0.05, 0.1) is 0 Å². The molecule has 0 bridgehead atoms. The van der Waals surface area contributed by atoms with Crippen LogP contribution in [0.25, 0.3) is 10.9 Å². The van der Waals surface area contributed by atoms with Crippen molar-refractivity contribution in [3.63, 3.8) is 0 Å². The Bertz CT molecular complexity index is 595. The summed E-state index contributed by atoms with van der Waals surface area (Å²) in [5, 5.41) is 1.32. The lowest BCUT2D eigenvalue weighted by Crippen LogP contribution is -2.55. The molecule has 0 aliphatic heterocycles. The maximum absolute atomic E-state index is 6.34. The van der Waals surface area contributed by atoms with Gasteiger partial charge >= 0.3 is 0 Å². The number of hydrogen-bond acceptors (Lipinski definition) is 2. The number of nitrogens with zero attached hydrogens (tertiary/aromatic N) is 1. The molecule has 2 aromatic rings. The molecule has 1 aliphatic rings. The highest BCUT2D eigenvalue weighted by Gasteiger charge is 2.51. The third kappa shape index (κ3) is 1.99. The molecule has 100 valence electrons. The number of para-hydroxylation sites is 1. The van der Waals surface area contributed by atoms with Crippen LogP contribution in [0.15, 0.2) is 36.5 Å². The van der Waals surface area contributed by atoms with Gasteiger partial charge in [0.2, 0.25) is 0 Å². The summed E-state index contributed by atoms with van der Waals surface area (Å²) < 4.78 is 6.19. The number of fused-ring (bicyclic) bond motifs is 1. The zero-order chi connectivity index (χ0) is 13.5. The molecule has 19 heavy (non-hydrogen) atoms. The molecule has 0 radical (unpaired) electrons. The normalized spacial score (nSPS) is 30.1. The van der Waals surface area contributed by atoms with Crippen LogP contribution in [0.4, 0.5) is 0 Å². The second kappa shape index (κ2) is 4.68. The van der Waals surface area contributed by atoms with Crippen molar-refractivity contribution in [1.82, 2.24) is 4.98 Å². The van der Waals surface area contributed by atoms with Gasteiger partial charge in [-0.15, -0.1) is 11.6 Å². The second-order valence-electron chi connectivity index (χ2n) is 5.50. The van der Waals surface area contributed by atoms with Crippen LogP contribution >= 0.6 is 11.6 Å². The number of alkyl halides is 1. The van der Waals surface area contributed by atoms with Gasteiger partial charge in [-0.2, -0.15) is 0 Å². The number of halogens is 1. The van der Waals surface area contributed by atoms with E-state index < -0.39 is 0 Å². The zero-order valence-corrected chi connectivity index (χ0v) is 12.0. The molecule has 1 aromatic heterocycles. The summed E-state index contributed by atoms with van der Waals surface area (Å²) in [7, 11) is 0. The zero-order valence-electron chi connectivity index (χ0n) is 11.3. The Kier molecular flexibility index (Phi) is 3.14. The van der Waals surface area contributed by atoms with Gasteiger partial charge in [0.15, 0.2) is 0 Å². The van der Waals surface area contributed by atoms with Gasteiger partial charge in [-0.25, -0.2) is 0 Å². The Balaban J connectivity index is 1.91. The van der Waals surface area contributed by atoms with Gasteiger partial charge in [0, 0.05) is 28.8 Å². The van der Waals surface area contributed by atoms with Crippen LogP contribution in [-0.2, 0) is 0 Å². The number of aromatic nitrogens is 1. The van der Waals surface area contributed by atoms with Crippen LogP contribution in [0.2, 0.25) is 0 Å². The van der Waals surface area contributed by atoms with Crippen molar-refractivity contribution in [3.05, 3.63) is 36.5 Å². The quantitative estimate of drug-likeness (QED) is 0.774. The van der Waals surface area contributed by atoms with Crippen LogP contribution < -0.4 is 4.74 Å². The Morgan fingerprint density at radius 1 is 1.37 bits per heavy atom. The molecule has 1 aromatic carbocycles. The summed E-state index contributed by atoms with van der Waals surface area (Å²) in [5.74, 6) is 0.867. The number of benzene rings is 1. The molecule has 3 rings (SSSR count). The molecule has 0 amide bonds.